The third kappa shape index (κ3) is 1.77. The molecule has 1 heterocycles. The zero-order valence-electron chi connectivity index (χ0n) is 6.03. The molecule has 1 aliphatic heterocycles. The highest BCUT2D eigenvalue weighted by atomic mass is 32.2. The van der Waals surface area contributed by atoms with Gasteiger partial charge in [0, 0.05) is 17.3 Å². The Morgan fingerprint density at radius 3 is 2.50 bits per heavy atom. The molecule has 0 N–H and O–H groups in total. The van der Waals surface area contributed by atoms with E-state index in [0.717, 1.165) is 4.31 Å². The van der Waals surface area contributed by atoms with Crippen LogP contribution in [-0.4, -0.2) is 12.7 Å². The first kappa shape index (κ1) is 8.63. The quantitative estimate of drug-likeness (QED) is 0.369. The molecule has 0 radical (unpaired) electrons. The van der Waals surface area contributed by atoms with Crippen LogP contribution in [0.5, 0.6) is 0 Å². The van der Waals surface area contributed by atoms with Gasteiger partial charge < -0.3 is 0 Å². The second kappa shape index (κ2) is 3.29. The lowest BCUT2D eigenvalue weighted by Gasteiger charge is -2.13. The van der Waals surface area contributed by atoms with Crippen molar-refractivity contribution in [3.8, 4) is 0 Å². The number of hydrogen-bond donors (Lipinski definition) is 0. The number of azide groups is 1. The Morgan fingerprint density at radius 2 is 2.00 bits per heavy atom. The summed E-state index contributed by atoms with van der Waals surface area (Å²) in [4.78, 5) is 2.21. The van der Waals surface area contributed by atoms with Crippen LogP contribution in [0.2, 0.25) is 0 Å². The molecular weight excluding hydrogens is 180 g/mol. The van der Waals surface area contributed by atoms with Crippen LogP contribution in [0.25, 0.3) is 10.4 Å². The largest absolute Gasteiger partial charge is 0.327 e. The maximum absolute atomic E-state index is 11.0. The number of rotatable bonds is 2. The Labute approximate surface area is 69.6 Å². The summed E-state index contributed by atoms with van der Waals surface area (Å²) in [5.41, 5.74) is 7.94. The molecule has 12 heavy (non-hydrogen) atoms. The fourth-order valence-electron chi connectivity index (χ4n) is 0.700. The summed E-state index contributed by atoms with van der Waals surface area (Å²) in [5.74, 6) is 0. The van der Waals surface area contributed by atoms with E-state index in [0.29, 0.717) is 6.42 Å². The van der Waals surface area contributed by atoms with Gasteiger partial charge in [-0.15, -0.1) is 0 Å². The lowest BCUT2D eigenvalue weighted by Crippen LogP contribution is -2.18. The van der Waals surface area contributed by atoms with Gasteiger partial charge in [-0.05, 0) is 12.0 Å². The van der Waals surface area contributed by atoms with Crippen LogP contribution in [0, 0.1) is 0 Å². The zero-order valence-corrected chi connectivity index (χ0v) is 6.85. The molecule has 0 spiro atoms. The van der Waals surface area contributed by atoms with E-state index in [9.17, 15) is 8.42 Å². The molecule has 0 aromatic heterocycles. The Balaban J connectivity index is 2.96. The molecule has 1 rings (SSSR count). The molecular formula is C5H6N4O2S. The maximum atomic E-state index is 11.0. The normalized spacial score (nSPS) is 15.8. The van der Waals surface area contributed by atoms with Gasteiger partial charge >= 0.3 is 10.2 Å². The van der Waals surface area contributed by atoms with E-state index < -0.39 is 10.2 Å². The van der Waals surface area contributed by atoms with E-state index in [1.165, 1.54) is 12.4 Å². The molecule has 0 fully saturated rings. The van der Waals surface area contributed by atoms with Gasteiger partial charge in [0.05, 0.1) is 4.52 Å². The van der Waals surface area contributed by atoms with Gasteiger partial charge in [-0.2, -0.15) is 8.42 Å². The van der Waals surface area contributed by atoms with Gasteiger partial charge in [0.1, 0.15) is 0 Å². The molecule has 0 bridgehead atoms. The molecule has 0 aromatic rings. The zero-order chi connectivity index (χ0) is 9.03. The summed E-state index contributed by atoms with van der Waals surface area (Å²) >= 11 is 0. The topological polar surface area (TPSA) is 86.1 Å². The van der Waals surface area contributed by atoms with Crippen molar-refractivity contribution in [3.05, 3.63) is 35.0 Å². The van der Waals surface area contributed by atoms with E-state index in [1.807, 2.05) is 0 Å². The summed E-state index contributed by atoms with van der Waals surface area (Å²) in [5, 5.41) is 0. The van der Waals surface area contributed by atoms with Gasteiger partial charge in [0.2, 0.25) is 0 Å². The highest BCUT2D eigenvalue weighted by Crippen LogP contribution is 2.09. The van der Waals surface area contributed by atoms with Crippen molar-refractivity contribution in [1.29, 1.82) is 0 Å². The average Bonchev–Trinajstić information content (AvgIpc) is 2.06. The minimum Gasteiger partial charge on any atom is -0.247 e. The fourth-order valence-corrected chi connectivity index (χ4v) is 1.36. The van der Waals surface area contributed by atoms with Crippen LogP contribution in [0.4, 0.5) is 0 Å². The van der Waals surface area contributed by atoms with E-state index in [4.69, 9.17) is 5.53 Å². The molecule has 0 amide bonds. The molecule has 6 nitrogen and oxygen atoms in total. The van der Waals surface area contributed by atoms with Gasteiger partial charge in [-0.1, -0.05) is 12.2 Å². The van der Waals surface area contributed by atoms with Crippen molar-refractivity contribution < 1.29 is 8.42 Å². The van der Waals surface area contributed by atoms with Gasteiger partial charge in [-0.3, -0.25) is 0 Å². The average molecular weight is 186 g/mol. The number of nitrogens with zero attached hydrogens (tertiary/aromatic N) is 4. The van der Waals surface area contributed by atoms with Crippen molar-refractivity contribution in [2.75, 3.05) is 0 Å². The Bertz CT molecular complexity index is 351. The lowest BCUT2D eigenvalue weighted by atomic mass is 10.4. The highest BCUT2D eigenvalue weighted by molar-refractivity contribution is 7.87. The van der Waals surface area contributed by atoms with Crippen molar-refractivity contribution in [3.63, 3.8) is 0 Å². The molecule has 0 saturated heterocycles. The van der Waals surface area contributed by atoms with E-state index in [-0.39, 0.29) is 0 Å². The van der Waals surface area contributed by atoms with E-state index in [2.05, 4.69) is 9.43 Å². The van der Waals surface area contributed by atoms with Crippen molar-refractivity contribution >= 4 is 10.2 Å². The van der Waals surface area contributed by atoms with Crippen LogP contribution in [0.3, 0.4) is 0 Å². The SMILES string of the molecule is [N-]=[N+]=NS(=O)(=O)N1C=CCC=C1. The van der Waals surface area contributed by atoms with Gasteiger partial charge in [-0.25, -0.2) is 4.31 Å². The van der Waals surface area contributed by atoms with Gasteiger partial charge in [0.25, 0.3) is 0 Å². The Morgan fingerprint density at radius 1 is 1.42 bits per heavy atom. The first-order valence-electron chi connectivity index (χ1n) is 3.10. The Kier molecular flexibility index (Phi) is 2.37. The highest BCUT2D eigenvalue weighted by Gasteiger charge is 2.14. The van der Waals surface area contributed by atoms with Crippen molar-refractivity contribution in [1.82, 2.24) is 4.31 Å². The second-order valence-electron chi connectivity index (χ2n) is 1.98. The molecule has 7 heteroatoms. The summed E-state index contributed by atoms with van der Waals surface area (Å²) in [6.07, 6.45) is 6.64. The molecule has 1 aliphatic rings. The predicted octanol–water partition coefficient (Wildman–Crippen LogP) is 1.27. The molecule has 0 atom stereocenters. The first-order chi connectivity index (χ1) is 5.67. The monoisotopic (exact) mass is 186 g/mol. The Hall–Kier alpha value is -1.46. The minimum atomic E-state index is -3.87. The van der Waals surface area contributed by atoms with Crippen molar-refractivity contribution in [2.45, 2.75) is 6.42 Å². The van der Waals surface area contributed by atoms with Crippen LogP contribution in [0.15, 0.2) is 29.1 Å². The third-order valence-electron chi connectivity index (χ3n) is 1.18. The van der Waals surface area contributed by atoms with Crippen LogP contribution < -0.4 is 0 Å². The summed E-state index contributed by atoms with van der Waals surface area (Å²) in [7, 11) is -3.87. The second-order valence-corrected chi connectivity index (χ2v) is 3.46. The van der Waals surface area contributed by atoms with Crippen LogP contribution in [-0.2, 0) is 10.2 Å². The standard InChI is InChI=1S/C5H6N4O2S/c6-7-8-12(10,11)9-4-2-1-3-5-9/h2-5H,1H2. The molecule has 0 unspecified atom stereocenters. The molecule has 0 aliphatic carbocycles. The summed E-state index contributed by atoms with van der Waals surface area (Å²) in [6.45, 7) is 0. The van der Waals surface area contributed by atoms with E-state index >= 15 is 0 Å². The predicted molar refractivity (Wildman–Crippen MR) is 42.8 cm³/mol. The summed E-state index contributed by atoms with van der Waals surface area (Å²) in [6, 6.07) is 0. The molecule has 64 valence electrons. The molecule has 0 saturated carbocycles. The first-order valence-corrected chi connectivity index (χ1v) is 4.50. The van der Waals surface area contributed by atoms with Crippen molar-refractivity contribution in [2.24, 2.45) is 4.52 Å². The van der Waals surface area contributed by atoms with Gasteiger partial charge in [0.15, 0.2) is 0 Å². The third-order valence-corrected chi connectivity index (χ3v) is 2.24. The number of hydrogen-bond acceptors (Lipinski definition) is 2. The molecule has 0 aromatic carbocycles. The summed E-state index contributed by atoms with van der Waals surface area (Å²) < 4.78 is 25.5. The fraction of sp³-hybridized carbons (Fsp3) is 0.200. The number of allylic oxidation sites excluding steroid dienone is 2. The van der Waals surface area contributed by atoms with E-state index in [1.54, 1.807) is 12.2 Å². The maximum Gasteiger partial charge on any atom is 0.327 e. The lowest BCUT2D eigenvalue weighted by molar-refractivity contribution is 0.552. The smallest absolute Gasteiger partial charge is 0.247 e. The minimum absolute atomic E-state index is 0.683. The van der Waals surface area contributed by atoms with Crippen LogP contribution >= 0.6 is 0 Å². The van der Waals surface area contributed by atoms with Crippen LogP contribution in [0.1, 0.15) is 6.42 Å².